The summed E-state index contributed by atoms with van der Waals surface area (Å²) in [5.74, 6) is 1.06. The van der Waals surface area contributed by atoms with Crippen molar-refractivity contribution in [1.82, 2.24) is 4.90 Å². The number of aliphatic imine (C=N–C) groups is 1. The smallest absolute Gasteiger partial charge is 0.0959 e. The Balaban J connectivity index is 2.34. The van der Waals surface area contributed by atoms with E-state index < -0.39 is 0 Å². The van der Waals surface area contributed by atoms with Gasteiger partial charge in [-0.05, 0) is 6.92 Å². The lowest BCUT2D eigenvalue weighted by Gasteiger charge is -2.15. The van der Waals surface area contributed by atoms with E-state index in [-0.39, 0.29) is 6.61 Å². The number of nitrogens with zero attached hydrogens (tertiary/aromatic N) is 2. The van der Waals surface area contributed by atoms with E-state index in [1.54, 1.807) is 0 Å². The molecule has 3 heteroatoms. The molecule has 0 saturated carbocycles. The number of β-amino-alcohol motifs (C(OH)–C–C–N with tert-alkyl or cyclic N) is 1. The molecule has 0 atom stereocenters. The second kappa shape index (κ2) is 2.82. The molecule has 0 aromatic carbocycles. The summed E-state index contributed by atoms with van der Waals surface area (Å²) in [6.07, 6.45) is 0. The fourth-order valence-corrected chi connectivity index (χ4v) is 0.989. The van der Waals surface area contributed by atoms with E-state index in [1.165, 1.54) is 0 Å². The first-order valence-corrected chi connectivity index (χ1v) is 3.21. The lowest BCUT2D eigenvalue weighted by atomic mass is 10.5. The molecule has 0 aliphatic carbocycles. The van der Waals surface area contributed by atoms with Crippen molar-refractivity contribution < 1.29 is 5.11 Å². The molecule has 0 fully saturated rings. The number of hydrogen-bond donors (Lipinski definition) is 1. The molecule has 1 rings (SSSR count). The van der Waals surface area contributed by atoms with E-state index in [2.05, 4.69) is 9.89 Å². The van der Waals surface area contributed by atoms with Gasteiger partial charge in [-0.3, -0.25) is 4.99 Å². The first-order valence-electron chi connectivity index (χ1n) is 3.21. The molecule has 0 spiro atoms. The van der Waals surface area contributed by atoms with Crippen LogP contribution in [0.5, 0.6) is 0 Å². The third kappa shape index (κ3) is 1.42. The van der Waals surface area contributed by atoms with Crippen LogP contribution in [0.1, 0.15) is 6.92 Å². The Morgan fingerprint density at radius 2 is 2.56 bits per heavy atom. The summed E-state index contributed by atoms with van der Waals surface area (Å²) in [4.78, 5) is 6.25. The maximum absolute atomic E-state index is 8.55. The SMILES string of the molecule is CC1=NCCN1CCO. The van der Waals surface area contributed by atoms with Crippen LogP contribution in [0.15, 0.2) is 4.99 Å². The Kier molecular flexibility index (Phi) is 2.05. The molecule has 1 heterocycles. The normalized spacial score (nSPS) is 18.4. The summed E-state index contributed by atoms with van der Waals surface area (Å²) < 4.78 is 0. The van der Waals surface area contributed by atoms with Gasteiger partial charge in [-0.25, -0.2) is 0 Å². The van der Waals surface area contributed by atoms with E-state index in [4.69, 9.17) is 5.11 Å². The van der Waals surface area contributed by atoms with Crippen LogP contribution in [-0.2, 0) is 0 Å². The molecule has 1 aliphatic heterocycles. The fraction of sp³-hybridized carbons (Fsp3) is 0.833. The van der Waals surface area contributed by atoms with Crippen LogP contribution in [0.2, 0.25) is 0 Å². The molecule has 1 aliphatic rings. The second-order valence-electron chi connectivity index (χ2n) is 2.14. The molecule has 0 saturated heterocycles. The first-order chi connectivity index (χ1) is 4.34. The van der Waals surface area contributed by atoms with Crippen LogP contribution < -0.4 is 0 Å². The van der Waals surface area contributed by atoms with E-state index in [1.807, 2.05) is 6.92 Å². The van der Waals surface area contributed by atoms with Gasteiger partial charge in [0.25, 0.3) is 0 Å². The minimum Gasteiger partial charge on any atom is -0.395 e. The third-order valence-corrected chi connectivity index (χ3v) is 1.54. The largest absolute Gasteiger partial charge is 0.395 e. The fourth-order valence-electron chi connectivity index (χ4n) is 0.989. The van der Waals surface area contributed by atoms with Crippen molar-refractivity contribution in [3.05, 3.63) is 0 Å². The van der Waals surface area contributed by atoms with Crippen molar-refractivity contribution in [2.45, 2.75) is 6.92 Å². The van der Waals surface area contributed by atoms with Gasteiger partial charge in [0.05, 0.1) is 19.0 Å². The highest BCUT2D eigenvalue weighted by Gasteiger charge is 2.09. The Morgan fingerprint density at radius 1 is 1.78 bits per heavy atom. The zero-order chi connectivity index (χ0) is 6.69. The summed E-state index contributed by atoms with van der Waals surface area (Å²) in [5.41, 5.74) is 0. The average Bonchev–Trinajstić information content (AvgIpc) is 2.18. The van der Waals surface area contributed by atoms with E-state index in [0.29, 0.717) is 0 Å². The van der Waals surface area contributed by atoms with Crippen LogP contribution in [0.4, 0.5) is 0 Å². The van der Waals surface area contributed by atoms with Crippen LogP contribution in [0.25, 0.3) is 0 Å². The minimum absolute atomic E-state index is 0.229. The second-order valence-corrected chi connectivity index (χ2v) is 2.14. The van der Waals surface area contributed by atoms with Gasteiger partial charge in [-0.1, -0.05) is 0 Å². The van der Waals surface area contributed by atoms with Crippen molar-refractivity contribution in [2.75, 3.05) is 26.2 Å². The third-order valence-electron chi connectivity index (χ3n) is 1.54. The van der Waals surface area contributed by atoms with Crippen molar-refractivity contribution >= 4 is 5.84 Å². The van der Waals surface area contributed by atoms with Gasteiger partial charge in [0.2, 0.25) is 0 Å². The number of aliphatic hydroxyl groups is 1. The van der Waals surface area contributed by atoms with Gasteiger partial charge >= 0.3 is 0 Å². The molecule has 1 N–H and O–H groups in total. The Morgan fingerprint density at radius 3 is 3.00 bits per heavy atom. The lowest BCUT2D eigenvalue weighted by molar-refractivity contribution is 0.256. The molecule has 0 unspecified atom stereocenters. The van der Waals surface area contributed by atoms with Gasteiger partial charge in [-0.2, -0.15) is 0 Å². The number of aliphatic hydroxyl groups excluding tert-OH is 1. The first kappa shape index (κ1) is 6.55. The van der Waals surface area contributed by atoms with E-state index in [0.717, 1.165) is 25.5 Å². The molecule has 0 aromatic heterocycles. The van der Waals surface area contributed by atoms with Crippen LogP contribution in [0, 0.1) is 0 Å². The maximum Gasteiger partial charge on any atom is 0.0959 e. The Hall–Kier alpha value is -0.570. The van der Waals surface area contributed by atoms with Crippen LogP contribution in [-0.4, -0.2) is 42.1 Å². The number of amidine groups is 1. The van der Waals surface area contributed by atoms with Gasteiger partial charge in [0, 0.05) is 13.1 Å². The predicted octanol–water partition coefficient (Wildman–Crippen LogP) is -0.287. The monoisotopic (exact) mass is 128 g/mol. The van der Waals surface area contributed by atoms with Crippen LogP contribution in [0.3, 0.4) is 0 Å². The van der Waals surface area contributed by atoms with Crippen molar-refractivity contribution in [2.24, 2.45) is 4.99 Å². The van der Waals surface area contributed by atoms with Gasteiger partial charge < -0.3 is 10.0 Å². The topological polar surface area (TPSA) is 35.8 Å². The van der Waals surface area contributed by atoms with E-state index in [9.17, 15) is 0 Å². The molecule has 52 valence electrons. The van der Waals surface area contributed by atoms with Crippen LogP contribution >= 0.6 is 0 Å². The summed E-state index contributed by atoms with van der Waals surface area (Å²) in [7, 11) is 0. The molecule has 0 amide bonds. The summed E-state index contributed by atoms with van der Waals surface area (Å²) in [5, 5.41) is 8.55. The standard InChI is InChI=1S/C6H12N2O/c1-6-7-2-3-8(6)4-5-9/h9H,2-5H2,1H3. The summed E-state index contributed by atoms with van der Waals surface area (Å²) >= 11 is 0. The highest BCUT2D eigenvalue weighted by Crippen LogP contribution is 1.98. The lowest BCUT2D eigenvalue weighted by Crippen LogP contribution is -2.28. The summed E-state index contributed by atoms with van der Waals surface area (Å²) in [6, 6.07) is 0. The molecular weight excluding hydrogens is 116 g/mol. The zero-order valence-corrected chi connectivity index (χ0v) is 5.67. The highest BCUT2D eigenvalue weighted by atomic mass is 16.3. The Labute approximate surface area is 55.0 Å². The number of rotatable bonds is 2. The van der Waals surface area contributed by atoms with Crippen molar-refractivity contribution in [1.29, 1.82) is 0 Å². The predicted molar refractivity (Wildman–Crippen MR) is 36.6 cm³/mol. The van der Waals surface area contributed by atoms with Gasteiger partial charge in [0.15, 0.2) is 0 Å². The van der Waals surface area contributed by atoms with Crippen molar-refractivity contribution in [3.8, 4) is 0 Å². The van der Waals surface area contributed by atoms with E-state index >= 15 is 0 Å². The number of hydrogen-bond acceptors (Lipinski definition) is 3. The average molecular weight is 128 g/mol. The summed E-state index contributed by atoms with van der Waals surface area (Å²) in [6.45, 7) is 4.81. The van der Waals surface area contributed by atoms with Gasteiger partial charge in [0.1, 0.15) is 0 Å². The minimum atomic E-state index is 0.229. The molecule has 0 bridgehead atoms. The zero-order valence-electron chi connectivity index (χ0n) is 5.67. The maximum atomic E-state index is 8.55. The molecular formula is C6H12N2O. The molecule has 0 aromatic rings. The molecule has 0 radical (unpaired) electrons. The highest BCUT2D eigenvalue weighted by molar-refractivity contribution is 5.81. The molecule has 3 nitrogen and oxygen atoms in total. The Bertz CT molecular complexity index is 122. The van der Waals surface area contributed by atoms with Gasteiger partial charge in [-0.15, -0.1) is 0 Å². The van der Waals surface area contributed by atoms with Crippen molar-refractivity contribution in [3.63, 3.8) is 0 Å². The quantitative estimate of drug-likeness (QED) is 0.555. The molecule has 9 heavy (non-hydrogen) atoms.